The smallest absolute Gasteiger partial charge is 0.131 e. The van der Waals surface area contributed by atoms with Gasteiger partial charge in [-0.3, -0.25) is 0 Å². The van der Waals surface area contributed by atoms with E-state index in [2.05, 4.69) is 5.32 Å². The van der Waals surface area contributed by atoms with Crippen molar-refractivity contribution in [3.05, 3.63) is 71.0 Å². The Labute approximate surface area is 121 Å². The molecule has 21 heavy (non-hydrogen) atoms. The summed E-state index contributed by atoms with van der Waals surface area (Å²) in [7, 11) is 0. The van der Waals surface area contributed by atoms with Crippen molar-refractivity contribution in [2.24, 2.45) is 0 Å². The molecule has 0 spiro atoms. The third-order valence-corrected chi connectivity index (χ3v) is 3.31. The molecule has 0 saturated heterocycles. The van der Waals surface area contributed by atoms with Crippen molar-refractivity contribution in [2.75, 3.05) is 6.54 Å². The van der Waals surface area contributed by atoms with Gasteiger partial charge in [0.1, 0.15) is 17.5 Å². The lowest BCUT2D eigenvalue weighted by molar-refractivity contribution is 0.166. The van der Waals surface area contributed by atoms with Gasteiger partial charge in [-0.2, -0.15) is 0 Å². The Hall–Kier alpha value is -1.85. The molecule has 0 bridgehead atoms. The molecule has 112 valence electrons. The van der Waals surface area contributed by atoms with Crippen LogP contribution in [0.5, 0.6) is 0 Å². The van der Waals surface area contributed by atoms with Gasteiger partial charge in [0.15, 0.2) is 0 Å². The molecule has 2 N–H and O–H groups in total. The van der Waals surface area contributed by atoms with Gasteiger partial charge in [-0.25, -0.2) is 13.2 Å². The highest BCUT2D eigenvalue weighted by Crippen LogP contribution is 2.20. The topological polar surface area (TPSA) is 32.3 Å². The van der Waals surface area contributed by atoms with Crippen LogP contribution in [0.3, 0.4) is 0 Å². The Bertz CT molecular complexity index is 618. The average Bonchev–Trinajstić information content (AvgIpc) is 2.45. The Morgan fingerprint density at radius 1 is 1.00 bits per heavy atom. The maximum absolute atomic E-state index is 13.6. The van der Waals surface area contributed by atoms with Crippen LogP contribution < -0.4 is 5.32 Å². The summed E-state index contributed by atoms with van der Waals surface area (Å²) in [6, 6.07) is 8.96. The van der Waals surface area contributed by atoms with Crippen LogP contribution in [0.25, 0.3) is 0 Å². The third-order valence-electron chi connectivity index (χ3n) is 3.31. The van der Waals surface area contributed by atoms with Crippen molar-refractivity contribution in [2.45, 2.75) is 19.1 Å². The summed E-state index contributed by atoms with van der Waals surface area (Å²) < 4.78 is 39.9. The van der Waals surface area contributed by atoms with Crippen molar-refractivity contribution in [1.29, 1.82) is 0 Å². The minimum atomic E-state index is -1.14. The van der Waals surface area contributed by atoms with Crippen molar-refractivity contribution in [3.8, 4) is 0 Å². The molecule has 2 atom stereocenters. The van der Waals surface area contributed by atoms with Crippen molar-refractivity contribution in [1.82, 2.24) is 5.32 Å². The molecule has 2 nitrogen and oxygen atoms in total. The fraction of sp³-hybridized carbons (Fsp3) is 0.250. The Morgan fingerprint density at radius 2 is 1.71 bits per heavy atom. The van der Waals surface area contributed by atoms with Crippen molar-refractivity contribution in [3.63, 3.8) is 0 Å². The summed E-state index contributed by atoms with van der Waals surface area (Å²) in [4.78, 5) is 0. The van der Waals surface area contributed by atoms with E-state index in [9.17, 15) is 18.3 Å². The van der Waals surface area contributed by atoms with Gasteiger partial charge in [0.25, 0.3) is 0 Å². The SMILES string of the molecule is C[C@@H](NCC(O)c1ccc(F)cc1F)c1ccccc1F. The standard InChI is InChI=1S/C16H16F3NO/c1-10(12-4-2-3-5-14(12)18)20-9-16(21)13-7-6-11(17)8-15(13)19/h2-8,10,16,20-21H,9H2,1H3/t10-,16?/m1/s1. The molecule has 2 aromatic rings. The van der Waals surface area contributed by atoms with E-state index in [4.69, 9.17) is 0 Å². The summed E-state index contributed by atoms with van der Waals surface area (Å²) >= 11 is 0. The second kappa shape index (κ2) is 6.74. The number of halogens is 3. The zero-order valence-electron chi connectivity index (χ0n) is 11.5. The molecular formula is C16H16F3NO. The maximum Gasteiger partial charge on any atom is 0.131 e. The second-order valence-corrected chi connectivity index (χ2v) is 4.83. The molecule has 1 unspecified atom stereocenters. The van der Waals surface area contributed by atoms with E-state index in [0.29, 0.717) is 5.56 Å². The van der Waals surface area contributed by atoms with Gasteiger partial charge in [-0.15, -0.1) is 0 Å². The summed E-state index contributed by atoms with van der Waals surface area (Å²) in [6.45, 7) is 1.77. The first-order chi connectivity index (χ1) is 9.99. The first-order valence-electron chi connectivity index (χ1n) is 6.60. The molecule has 0 radical (unpaired) electrons. The summed E-state index contributed by atoms with van der Waals surface area (Å²) in [5.41, 5.74) is 0.467. The van der Waals surface area contributed by atoms with E-state index in [1.165, 1.54) is 12.1 Å². The van der Waals surface area contributed by atoms with Gasteiger partial charge in [0, 0.05) is 29.8 Å². The highest BCUT2D eigenvalue weighted by molar-refractivity contribution is 5.22. The number of aliphatic hydroxyl groups is 1. The molecule has 0 aliphatic carbocycles. The van der Waals surface area contributed by atoms with E-state index in [1.807, 2.05) is 0 Å². The molecule has 5 heteroatoms. The van der Waals surface area contributed by atoms with Crippen LogP contribution in [0.1, 0.15) is 30.2 Å². The second-order valence-electron chi connectivity index (χ2n) is 4.83. The van der Waals surface area contributed by atoms with Crippen LogP contribution >= 0.6 is 0 Å². The van der Waals surface area contributed by atoms with Crippen LogP contribution in [-0.4, -0.2) is 11.7 Å². The van der Waals surface area contributed by atoms with Gasteiger partial charge in [0.2, 0.25) is 0 Å². The highest BCUT2D eigenvalue weighted by Gasteiger charge is 2.16. The van der Waals surface area contributed by atoms with Crippen molar-refractivity contribution < 1.29 is 18.3 Å². The van der Waals surface area contributed by atoms with Crippen LogP contribution in [0.15, 0.2) is 42.5 Å². The van der Waals surface area contributed by atoms with Crippen LogP contribution in [0, 0.1) is 17.5 Å². The van der Waals surface area contributed by atoms with E-state index in [1.54, 1.807) is 25.1 Å². The average molecular weight is 295 g/mol. The largest absolute Gasteiger partial charge is 0.387 e. The minimum Gasteiger partial charge on any atom is -0.387 e. The predicted molar refractivity (Wildman–Crippen MR) is 74.1 cm³/mol. The Morgan fingerprint density at radius 3 is 2.38 bits per heavy atom. The zero-order valence-corrected chi connectivity index (χ0v) is 11.5. The van der Waals surface area contributed by atoms with Gasteiger partial charge in [-0.1, -0.05) is 24.3 Å². The molecular weight excluding hydrogens is 279 g/mol. The summed E-state index contributed by atoms with van der Waals surface area (Å²) in [5, 5.41) is 12.9. The molecule has 0 heterocycles. The number of aliphatic hydroxyl groups excluding tert-OH is 1. The molecule has 0 aliphatic heterocycles. The van der Waals surface area contributed by atoms with Crippen LogP contribution in [-0.2, 0) is 0 Å². The molecule has 2 rings (SSSR count). The number of benzene rings is 2. The van der Waals surface area contributed by atoms with E-state index >= 15 is 0 Å². The van der Waals surface area contributed by atoms with Crippen LogP contribution in [0.4, 0.5) is 13.2 Å². The lowest BCUT2D eigenvalue weighted by atomic mass is 10.1. The summed E-state index contributed by atoms with van der Waals surface area (Å²) in [6.07, 6.45) is -1.14. The number of hydrogen-bond acceptors (Lipinski definition) is 2. The van der Waals surface area contributed by atoms with E-state index in [-0.39, 0.29) is 24.0 Å². The fourth-order valence-electron chi connectivity index (χ4n) is 2.11. The number of nitrogens with one attached hydrogen (secondary N) is 1. The Balaban J connectivity index is 2.01. The molecule has 2 aromatic carbocycles. The normalized spacial score (nSPS) is 14.0. The number of hydrogen-bond donors (Lipinski definition) is 2. The van der Waals surface area contributed by atoms with Gasteiger partial charge in [-0.05, 0) is 19.1 Å². The molecule has 0 fully saturated rings. The zero-order chi connectivity index (χ0) is 15.4. The molecule has 0 amide bonds. The van der Waals surface area contributed by atoms with Gasteiger partial charge >= 0.3 is 0 Å². The number of rotatable bonds is 5. The lowest BCUT2D eigenvalue weighted by Crippen LogP contribution is -2.25. The van der Waals surface area contributed by atoms with E-state index < -0.39 is 17.7 Å². The molecule has 0 aromatic heterocycles. The van der Waals surface area contributed by atoms with Gasteiger partial charge < -0.3 is 10.4 Å². The minimum absolute atomic E-state index is 0.00429. The molecule has 0 saturated carbocycles. The maximum atomic E-state index is 13.6. The van der Waals surface area contributed by atoms with Crippen molar-refractivity contribution >= 4 is 0 Å². The first-order valence-corrected chi connectivity index (χ1v) is 6.60. The fourth-order valence-corrected chi connectivity index (χ4v) is 2.11. The quantitative estimate of drug-likeness (QED) is 0.885. The monoisotopic (exact) mass is 295 g/mol. The molecule has 0 aliphatic rings. The highest BCUT2D eigenvalue weighted by atomic mass is 19.1. The summed E-state index contributed by atoms with van der Waals surface area (Å²) in [5.74, 6) is -1.85. The first kappa shape index (κ1) is 15.5. The third kappa shape index (κ3) is 3.83. The Kier molecular flexibility index (Phi) is 4.98. The van der Waals surface area contributed by atoms with Gasteiger partial charge in [0.05, 0.1) is 6.10 Å². The van der Waals surface area contributed by atoms with Crippen LogP contribution in [0.2, 0.25) is 0 Å². The van der Waals surface area contributed by atoms with E-state index in [0.717, 1.165) is 12.1 Å². The lowest BCUT2D eigenvalue weighted by Gasteiger charge is -2.18. The predicted octanol–water partition coefficient (Wildman–Crippen LogP) is 3.49.